The number of benzene rings is 1. The molecule has 1 aromatic carbocycles. The molecule has 0 radical (unpaired) electrons. The zero-order chi connectivity index (χ0) is 16.9. The molecule has 4 nitrogen and oxygen atoms in total. The molecule has 0 spiro atoms. The number of thiazole rings is 1. The van der Waals surface area contributed by atoms with Gasteiger partial charge in [0.1, 0.15) is 11.8 Å². The fourth-order valence-corrected chi connectivity index (χ4v) is 3.64. The van der Waals surface area contributed by atoms with Crippen LogP contribution >= 0.6 is 11.3 Å². The molecule has 0 saturated heterocycles. The van der Waals surface area contributed by atoms with Crippen LogP contribution in [0.15, 0.2) is 29.4 Å². The van der Waals surface area contributed by atoms with Crippen molar-refractivity contribution in [2.45, 2.75) is 31.6 Å². The molecule has 2 aromatic rings. The third kappa shape index (κ3) is 2.96. The summed E-state index contributed by atoms with van der Waals surface area (Å²) in [5.74, 6) is -0.862. The molecule has 2 heterocycles. The van der Waals surface area contributed by atoms with Crippen molar-refractivity contribution in [2.75, 3.05) is 5.32 Å². The van der Waals surface area contributed by atoms with E-state index in [1.165, 1.54) is 24.5 Å². The van der Waals surface area contributed by atoms with Crippen LogP contribution in [0.4, 0.5) is 13.9 Å². The largest absolute Gasteiger partial charge is 0.302 e. The van der Waals surface area contributed by atoms with E-state index in [0.717, 1.165) is 21.4 Å². The van der Waals surface area contributed by atoms with Gasteiger partial charge >= 0.3 is 0 Å². The molecule has 1 aromatic heterocycles. The molecule has 2 aliphatic rings. The van der Waals surface area contributed by atoms with Gasteiger partial charge in [-0.1, -0.05) is 17.4 Å². The number of aromatic nitrogens is 1. The lowest BCUT2D eigenvalue weighted by atomic mass is 9.93. The van der Waals surface area contributed by atoms with Crippen LogP contribution in [0, 0.1) is 5.92 Å². The number of fused-ring (bicyclic) bond motifs is 1. The Morgan fingerprint density at radius 1 is 1.46 bits per heavy atom. The predicted molar refractivity (Wildman–Crippen MR) is 91.9 cm³/mol. The van der Waals surface area contributed by atoms with Gasteiger partial charge in [0.25, 0.3) is 0 Å². The van der Waals surface area contributed by atoms with Crippen molar-refractivity contribution >= 4 is 44.4 Å². The molecule has 4 rings (SSSR count). The topological polar surface area (TPSA) is 54.4 Å². The SMILES string of the molecule is CC1(F)C=NC=C(c2ccc3nc(NC(=O)C4CC4F)sc3c2)C1. The van der Waals surface area contributed by atoms with Gasteiger partial charge in [0.15, 0.2) is 5.13 Å². The van der Waals surface area contributed by atoms with E-state index < -0.39 is 17.8 Å². The Bertz CT molecular complexity index is 887. The maximum absolute atomic E-state index is 14.1. The van der Waals surface area contributed by atoms with Gasteiger partial charge in [0.2, 0.25) is 5.91 Å². The number of carbonyl (C=O) groups is 1. The third-order valence-corrected chi connectivity index (χ3v) is 5.08. The summed E-state index contributed by atoms with van der Waals surface area (Å²) < 4.78 is 27.9. The quantitative estimate of drug-likeness (QED) is 0.907. The standard InChI is InChI=1S/C17H15F2N3OS/c1-17(19)6-10(7-20-8-17)9-2-3-13-14(4-9)24-16(21-13)22-15(23)11-5-12(11)18/h2-4,7-8,11-12H,5-6H2,1H3,(H,21,22,23). The molecule has 0 bridgehead atoms. The fraction of sp³-hybridized carbons (Fsp3) is 0.353. The molecule has 124 valence electrons. The van der Waals surface area contributed by atoms with Crippen molar-refractivity contribution in [3.8, 4) is 0 Å². The highest BCUT2D eigenvalue weighted by Gasteiger charge is 2.43. The van der Waals surface area contributed by atoms with E-state index in [1.807, 2.05) is 18.2 Å². The van der Waals surface area contributed by atoms with Crippen molar-refractivity contribution in [3.63, 3.8) is 0 Å². The van der Waals surface area contributed by atoms with E-state index in [-0.39, 0.29) is 18.7 Å². The van der Waals surface area contributed by atoms with Crippen LogP contribution < -0.4 is 5.32 Å². The maximum atomic E-state index is 14.1. The number of nitrogens with one attached hydrogen (secondary N) is 1. The molecule has 1 amide bonds. The highest BCUT2D eigenvalue weighted by Crippen LogP contribution is 2.37. The first-order chi connectivity index (χ1) is 11.4. The zero-order valence-corrected chi connectivity index (χ0v) is 13.7. The van der Waals surface area contributed by atoms with Crippen molar-refractivity contribution < 1.29 is 13.6 Å². The summed E-state index contributed by atoms with van der Waals surface area (Å²) >= 11 is 1.33. The van der Waals surface area contributed by atoms with Crippen LogP contribution in [0.3, 0.4) is 0 Å². The third-order valence-electron chi connectivity index (χ3n) is 4.15. The van der Waals surface area contributed by atoms with Crippen molar-refractivity contribution in [1.29, 1.82) is 0 Å². The molecular formula is C17H15F2N3OS. The summed E-state index contributed by atoms with van der Waals surface area (Å²) in [6, 6.07) is 5.62. The lowest BCUT2D eigenvalue weighted by Gasteiger charge is -2.20. The Hall–Kier alpha value is -2.15. The number of alkyl halides is 2. The first-order valence-electron chi connectivity index (χ1n) is 7.69. The summed E-state index contributed by atoms with van der Waals surface area (Å²) in [7, 11) is 0. The number of nitrogens with zero attached hydrogens (tertiary/aromatic N) is 2. The summed E-state index contributed by atoms with van der Waals surface area (Å²) in [4.78, 5) is 20.1. The van der Waals surface area contributed by atoms with Gasteiger partial charge in [-0.15, -0.1) is 0 Å². The van der Waals surface area contributed by atoms with Crippen molar-refractivity contribution in [1.82, 2.24) is 4.98 Å². The normalized spacial score (nSPS) is 28.7. The lowest BCUT2D eigenvalue weighted by Crippen LogP contribution is -2.22. The summed E-state index contributed by atoms with van der Waals surface area (Å²) in [5.41, 5.74) is 1.01. The Balaban J connectivity index is 1.58. The fourth-order valence-electron chi connectivity index (χ4n) is 2.73. The Morgan fingerprint density at radius 2 is 2.25 bits per heavy atom. The second-order valence-electron chi connectivity index (χ2n) is 6.44. The number of hydrogen-bond acceptors (Lipinski definition) is 4. The van der Waals surface area contributed by atoms with E-state index in [0.29, 0.717) is 5.13 Å². The minimum Gasteiger partial charge on any atom is -0.302 e. The number of amides is 1. The van der Waals surface area contributed by atoms with Crippen LogP contribution in [-0.4, -0.2) is 28.9 Å². The van der Waals surface area contributed by atoms with E-state index in [1.54, 1.807) is 6.20 Å². The van der Waals surface area contributed by atoms with E-state index in [2.05, 4.69) is 15.3 Å². The molecule has 1 aliphatic carbocycles. The number of allylic oxidation sites excluding steroid dienone is 1. The summed E-state index contributed by atoms with van der Waals surface area (Å²) in [6.07, 6.45) is 2.51. The molecule has 3 atom stereocenters. The van der Waals surface area contributed by atoms with Crippen LogP contribution in [-0.2, 0) is 4.79 Å². The van der Waals surface area contributed by atoms with Gasteiger partial charge < -0.3 is 5.32 Å². The number of carbonyl (C=O) groups excluding carboxylic acids is 1. The highest BCUT2D eigenvalue weighted by molar-refractivity contribution is 7.22. The van der Waals surface area contributed by atoms with Gasteiger partial charge in [-0.25, -0.2) is 13.8 Å². The Kier molecular flexibility index (Phi) is 3.49. The molecule has 1 N–H and O–H groups in total. The smallest absolute Gasteiger partial charge is 0.232 e. The molecule has 1 fully saturated rings. The van der Waals surface area contributed by atoms with Crippen LogP contribution in [0.25, 0.3) is 15.8 Å². The summed E-state index contributed by atoms with van der Waals surface area (Å²) in [6.45, 7) is 1.50. The predicted octanol–water partition coefficient (Wildman–Crippen LogP) is 4.14. The Morgan fingerprint density at radius 3 is 2.96 bits per heavy atom. The monoisotopic (exact) mass is 347 g/mol. The number of anilines is 1. The maximum Gasteiger partial charge on any atom is 0.232 e. The zero-order valence-electron chi connectivity index (χ0n) is 12.9. The summed E-state index contributed by atoms with van der Waals surface area (Å²) in [5, 5.41) is 3.12. The second kappa shape index (κ2) is 5.44. The molecule has 3 unspecified atom stereocenters. The number of aliphatic imine (C=N–C) groups is 1. The molecule has 1 aliphatic heterocycles. The average molecular weight is 347 g/mol. The molecule has 7 heteroatoms. The van der Waals surface area contributed by atoms with Crippen LogP contribution in [0.1, 0.15) is 25.3 Å². The van der Waals surface area contributed by atoms with E-state index in [9.17, 15) is 13.6 Å². The first kappa shape index (κ1) is 15.4. The van der Waals surface area contributed by atoms with Gasteiger partial charge in [-0.2, -0.15) is 0 Å². The molecular weight excluding hydrogens is 332 g/mol. The van der Waals surface area contributed by atoms with Crippen molar-refractivity contribution in [2.24, 2.45) is 10.9 Å². The first-order valence-corrected chi connectivity index (χ1v) is 8.51. The van der Waals surface area contributed by atoms with Crippen LogP contribution in [0.2, 0.25) is 0 Å². The van der Waals surface area contributed by atoms with Gasteiger partial charge in [0, 0.05) is 18.8 Å². The second-order valence-corrected chi connectivity index (χ2v) is 7.47. The van der Waals surface area contributed by atoms with Crippen molar-refractivity contribution in [3.05, 3.63) is 30.0 Å². The average Bonchev–Trinajstić information content (AvgIpc) is 3.12. The lowest BCUT2D eigenvalue weighted by molar-refractivity contribution is -0.117. The molecule has 1 saturated carbocycles. The van der Waals surface area contributed by atoms with E-state index in [4.69, 9.17) is 0 Å². The number of halogens is 2. The number of rotatable bonds is 3. The van der Waals surface area contributed by atoms with E-state index >= 15 is 0 Å². The Labute approximate surface area is 141 Å². The van der Waals surface area contributed by atoms with Gasteiger partial charge in [-0.05, 0) is 36.6 Å². The van der Waals surface area contributed by atoms with Crippen LogP contribution in [0.5, 0.6) is 0 Å². The minimum absolute atomic E-state index is 0.268. The van der Waals surface area contributed by atoms with Gasteiger partial charge in [-0.3, -0.25) is 9.79 Å². The minimum atomic E-state index is -1.45. The molecule has 24 heavy (non-hydrogen) atoms. The van der Waals surface area contributed by atoms with Gasteiger partial charge in [0.05, 0.1) is 16.1 Å². The number of hydrogen-bond donors (Lipinski definition) is 1. The highest BCUT2D eigenvalue weighted by atomic mass is 32.1.